The molecule has 0 aromatic heterocycles. The Morgan fingerprint density at radius 3 is 2.79 bits per heavy atom. The SMILES string of the molecule is CCc1ccc(N2CCCNC(CC#N)C2=O)cc1. The average molecular weight is 257 g/mol. The lowest BCUT2D eigenvalue weighted by molar-refractivity contribution is -0.120. The minimum absolute atomic E-state index is 0.00305. The number of nitrogens with zero attached hydrogens (tertiary/aromatic N) is 2. The molecule has 19 heavy (non-hydrogen) atoms. The summed E-state index contributed by atoms with van der Waals surface area (Å²) >= 11 is 0. The Kier molecular flexibility index (Phi) is 4.53. The van der Waals surface area contributed by atoms with Crippen LogP contribution in [0.15, 0.2) is 24.3 Å². The van der Waals surface area contributed by atoms with Gasteiger partial charge in [0.2, 0.25) is 5.91 Å². The first kappa shape index (κ1) is 13.6. The Balaban J connectivity index is 2.20. The molecular formula is C15H19N3O. The van der Waals surface area contributed by atoms with Crippen molar-refractivity contribution < 1.29 is 4.79 Å². The smallest absolute Gasteiger partial charge is 0.245 e. The van der Waals surface area contributed by atoms with Gasteiger partial charge in [-0.1, -0.05) is 19.1 Å². The molecule has 0 saturated carbocycles. The molecule has 4 heteroatoms. The van der Waals surface area contributed by atoms with Gasteiger partial charge in [0.1, 0.15) is 6.04 Å². The Labute approximate surface area is 114 Å². The van der Waals surface area contributed by atoms with Crippen molar-refractivity contribution in [2.24, 2.45) is 0 Å². The molecular weight excluding hydrogens is 238 g/mol. The number of anilines is 1. The van der Waals surface area contributed by atoms with Crippen LogP contribution in [0.2, 0.25) is 0 Å². The molecule has 1 N–H and O–H groups in total. The molecule has 1 heterocycles. The van der Waals surface area contributed by atoms with Crippen LogP contribution in [0.1, 0.15) is 25.3 Å². The molecule has 1 aromatic carbocycles. The molecule has 1 atom stereocenters. The lowest BCUT2D eigenvalue weighted by atomic mass is 10.1. The van der Waals surface area contributed by atoms with Gasteiger partial charge in [0.25, 0.3) is 0 Å². The summed E-state index contributed by atoms with van der Waals surface area (Å²) in [4.78, 5) is 14.2. The van der Waals surface area contributed by atoms with E-state index in [2.05, 4.69) is 30.4 Å². The first-order valence-corrected chi connectivity index (χ1v) is 6.77. The molecule has 1 aliphatic rings. The minimum atomic E-state index is -0.377. The van der Waals surface area contributed by atoms with E-state index in [9.17, 15) is 4.79 Å². The van der Waals surface area contributed by atoms with Crippen LogP contribution in [0.5, 0.6) is 0 Å². The molecule has 1 amide bonds. The molecule has 0 spiro atoms. The summed E-state index contributed by atoms with van der Waals surface area (Å²) in [5.74, 6) is 0.00305. The number of carbonyl (C=O) groups excluding carboxylic acids is 1. The van der Waals surface area contributed by atoms with Crippen molar-refractivity contribution in [3.63, 3.8) is 0 Å². The third kappa shape index (κ3) is 3.12. The number of hydrogen-bond donors (Lipinski definition) is 1. The molecule has 1 saturated heterocycles. The van der Waals surface area contributed by atoms with Gasteiger partial charge < -0.3 is 10.2 Å². The van der Waals surface area contributed by atoms with Crippen molar-refractivity contribution in [3.8, 4) is 6.07 Å². The molecule has 1 aromatic rings. The predicted molar refractivity (Wildman–Crippen MR) is 74.8 cm³/mol. The van der Waals surface area contributed by atoms with E-state index in [1.165, 1.54) is 5.56 Å². The van der Waals surface area contributed by atoms with Gasteiger partial charge in [0.15, 0.2) is 0 Å². The maximum atomic E-state index is 12.4. The minimum Gasteiger partial charge on any atom is -0.311 e. The van der Waals surface area contributed by atoms with Crippen LogP contribution < -0.4 is 10.2 Å². The summed E-state index contributed by atoms with van der Waals surface area (Å²) in [6.45, 7) is 3.60. The first-order valence-electron chi connectivity index (χ1n) is 6.77. The van der Waals surface area contributed by atoms with Gasteiger partial charge in [0, 0.05) is 12.2 Å². The fraction of sp³-hybridized carbons (Fsp3) is 0.467. The van der Waals surface area contributed by atoms with Crippen LogP contribution in [-0.4, -0.2) is 25.0 Å². The summed E-state index contributed by atoms with van der Waals surface area (Å²) < 4.78 is 0. The van der Waals surface area contributed by atoms with Gasteiger partial charge in [-0.25, -0.2) is 0 Å². The zero-order valence-electron chi connectivity index (χ0n) is 11.2. The maximum absolute atomic E-state index is 12.4. The number of rotatable bonds is 3. The number of amides is 1. The summed E-state index contributed by atoms with van der Waals surface area (Å²) in [6, 6.07) is 9.79. The average Bonchev–Trinajstić information content (AvgIpc) is 2.62. The molecule has 0 aliphatic carbocycles. The van der Waals surface area contributed by atoms with E-state index >= 15 is 0 Å². The second-order valence-electron chi connectivity index (χ2n) is 4.73. The number of aryl methyl sites for hydroxylation is 1. The van der Waals surface area contributed by atoms with Gasteiger partial charge in [-0.15, -0.1) is 0 Å². The van der Waals surface area contributed by atoms with Crippen molar-refractivity contribution in [3.05, 3.63) is 29.8 Å². The van der Waals surface area contributed by atoms with E-state index in [0.717, 1.165) is 25.1 Å². The van der Waals surface area contributed by atoms with Crippen molar-refractivity contribution in [2.75, 3.05) is 18.0 Å². The van der Waals surface area contributed by atoms with E-state index in [1.807, 2.05) is 12.1 Å². The van der Waals surface area contributed by atoms with Crippen molar-refractivity contribution in [2.45, 2.75) is 32.2 Å². The van der Waals surface area contributed by atoms with Crippen LogP contribution in [-0.2, 0) is 11.2 Å². The number of carbonyl (C=O) groups is 1. The maximum Gasteiger partial charge on any atom is 0.245 e. The van der Waals surface area contributed by atoms with Crippen LogP contribution in [0.25, 0.3) is 0 Å². The van der Waals surface area contributed by atoms with Crippen LogP contribution in [0.3, 0.4) is 0 Å². The van der Waals surface area contributed by atoms with Gasteiger partial charge in [-0.3, -0.25) is 4.79 Å². The molecule has 4 nitrogen and oxygen atoms in total. The molecule has 0 radical (unpaired) electrons. The quantitative estimate of drug-likeness (QED) is 0.899. The highest BCUT2D eigenvalue weighted by atomic mass is 16.2. The van der Waals surface area contributed by atoms with Gasteiger partial charge >= 0.3 is 0 Å². The molecule has 1 unspecified atom stereocenters. The second-order valence-corrected chi connectivity index (χ2v) is 4.73. The van der Waals surface area contributed by atoms with Crippen molar-refractivity contribution in [1.29, 1.82) is 5.26 Å². The molecule has 1 fully saturated rings. The molecule has 1 aliphatic heterocycles. The Hall–Kier alpha value is -1.86. The van der Waals surface area contributed by atoms with E-state index in [0.29, 0.717) is 6.54 Å². The van der Waals surface area contributed by atoms with Crippen LogP contribution in [0.4, 0.5) is 5.69 Å². The van der Waals surface area contributed by atoms with E-state index in [1.54, 1.807) is 4.90 Å². The normalized spacial score (nSPS) is 19.9. The number of hydrogen-bond acceptors (Lipinski definition) is 3. The summed E-state index contributed by atoms with van der Waals surface area (Å²) in [5, 5.41) is 11.9. The second kappa shape index (κ2) is 6.35. The fourth-order valence-electron chi connectivity index (χ4n) is 2.32. The molecule has 2 rings (SSSR count). The third-order valence-corrected chi connectivity index (χ3v) is 3.47. The lowest BCUT2D eigenvalue weighted by Crippen LogP contribution is -2.43. The predicted octanol–water partition coefficient (Wildman–Crippen LogP) is 1.86. The zero-order chi connectivity index (χ0) is 13.7. The number of nitriles is 1. The topological polar surface area (TPSA) is 56.1 Å². The number of nitrogens with one attached hydrogen (secondary N) is 1. The monoisotopic (exact) mass is 257 g/mol. The van der Waals surface area contributed by atoms with E-state index < -0.39 is 0 Å². The molecule has 0 bridgehead atoms. The van der Waals surface area contributed by atoms with Gasteiger partial charge in [-0.05, 0) is 37.1 Å². The molecule has 100 valence electrons. The third-order valence-electron chi connectivity index (χ3n) is 3.47. The van der Waals surface area contributed by atoms with Crippen molar-refractivity contribution in [1.82, 2.24) is 5.32 Å². The largest absolute Gasteiger partial charge is 0.311 e. The number of benzene rings is 1. The van der Waals surface area contributed by atoms with E-state index in [-0.39, 0.29) is 18.4 Å². The summed E-state index contributed by atoms with van der Waals surface area (Å²) in [6.07, 6.45) is 2.12. The fourth-order valence-corrected chi connectivity index (χ4v) is 2.32. The first-order chi connectivity index (χ1) is 9.26. The van der Waals surface area contributed by atoms with Gasteiger partial charge in [-0.2, -0.15) is 5.26 Å². The lowest BCUT2D eigenvalue weighted by Gasteiger charge is -2.23. The Bertz CT molecular complexity index is 475. The van der Waals surface area contributed by atoms with Crippen molar-refractivity contribution >= 4 is 11.6 Å². The highest BCUT2D eigenvalue weighted by Crippen LogP contribution is 2.19. The van der Waals surface area contributed by atoms with Crippen LogP contribution in [0, 0.1) is 11.3 Å². The van der Waals surface area contributed by atoms with Crippen LogP contribution >= 0.6 is 0 Å². The zero-order valence-corrected chi connectivity index (χ0v) is 11.2. The highest BCUT2D eigenvalue weighted by Gasteiger charge is 2.27. The highest BCUT2D eigenvalue weighted by molar-refractivity contribution is 5.97. The van der Waals surface area contributed by atoms with E-state index in [4.69, 9.17) is 5.26 Å². The van der Waals surface area contributed by atoms with Gasteiger partial charge in [0.05, 0.1) is 12.5 Å². The summed E-state index contributed by atoms with van der Waals surface area (Å²) in [5.41, 5.74) is 2.19. The Morgan fingerprint density at radius 2 is 2.16 bits per heavy atom. The Morgan fingerprint density at radius 1 is 1.42 bits per heavy atom. The summed E-state index contributed by atoms with van der Waals surface area (Å²) in [7, 11) is 0. The standard InChI is InChI=1S/C15H19N3O/c1-2-12-4-6-13(7-5-12)18-11-3-10-17-14(8-9-16)15(18)19/h4-7,14,17H,2-3,8,10-11H2,1H3.